The smallest absolute Gasteiger partial charge is 0.335 e. The Hall–Kier alpha value is -3.38. The standard InChI is InChI=1S/C13H9N.C7H6O2/c14-10-12-8-4-5-9-13(12)11-6-2-1-3-7-11;8-7(9)6-4-2-1-3-5-6/h1-9H;1-5H,(H,8,9). The van der Waals surface area contributed by atoms with Crippen molar-refractivity contribution in [2.75, 3.05) is 0 Å². The minimum atomic E-state index is -0.879. The molecule has 112 valence electrons. The van der Waals surface area contributed by atoms with E-state index in [0.29, 0.717) is 5.56 Å². The molecule has 0 atom stereocenters. The highest BCUT2D eigenvalue weighted by atomic mass is 16.4. The number of hydrogen-bond acceptors (Lipinski definition) is 2. The van der Waals surface area contributed by atoms with Gasteiger partial charge in [0.05, 0.1) is 17.2 Å². The predicted octanol–water partition coefficient (Wildman–Crippen LogP) is 4.61. The Morgan fingerprint density at radius 3 is 1.83 bits per heavy atom. The lowest BCUT2D eigenvalue weighted by Crippen LogP contribution is -1.93. The summed E-state index contributed by atoms with van der Waals surface area (Å²) in [6.45, 7) is 0. The summed E-state index contributed by atoms with van der Waals surface area (Å²) in [6, 6.07) is 28.1. The SMILES string of the molecule is N#Cc1ccccc1-c1ccccc1.O=C(O)c1ccccc1. The summed E-state index contributed by atoms with van der Waals surface area (Å²) < 4.78 is 0. The first-order valence-corrected chi connectivity index (χ1v) is 7.05. The van der Waals surface area contributed by atoms with E-state index in [0.717, 1.165) is 16.7 Å². The van der Waals surface area contributed by atoms with E-state index in [1.807, 2.05) is 54.6 Å². The number of nitrogens with zero attached hydrogens (tertiary/aromatic N) is 1. The molecule has 0 saturated carbocycles. The Balaban J connectivity index is 0.000000185. The number of carboxylic acids is 1. The van der Waals surface area contributed by atoms with Gasteiger partial charge < -0.3 is 5.11 Å². The molecular formula is C20H15NO2. The molecule has 0 fully saturated rings. The van der Waals surface area contributed by atoms with Crippen molar-refractivity contribution in [2.45, 2.75) is 0 Å². The second kappa shape index (κ2) is 8.16. The molecule has 0 heterocycles. The highest BCUT2D eigenvalue weighted by molar-refractivity contribution is 5.87. The van der Waals surface area contributed by atoms with E-state index >= 15 is 0 Å². The lowest BCUT2D eigenvalue weighted by molar-refractivity contribution is 0.0697. The Kier molecular flexibility index (Phi) is 5.67. The molecule has 0 aliphatic rings. The number of nitriles is 1. The normalized spacial score (nSPS) is 9.17. The van der Waals surface area contributed by atoms with E-state index in [9.17, 15) is 4.79 Å². The number of benzene rings is 3. The van der Waals surface area contributed by atoms with Crippen LogP contribution in [0.3, 0.4) is 0 Å². The summed E-state index contributed by atoms with van der Waals surface area (Å²) in [5, 5.41) is 17.3. The number of hydrogen-bond donors (Lipinski definition) is 1. The second-order valence-electron chi connectivity index (χ2n) is 4.69. The largest absolute Gasteiger partial charge is 0.478 e. The molecule has 3 aromatic carbocycles. The van der Waals surface area contributed by atoms with Crippen molar-refractivity contribution >= 4 is 5.97 Å². The average Bonchev–Trinajstić information content (AvgIpc) is 2.63. The van der Waals surface area contributed by atoms with Crippen LogP contribution in [0.4, 0.5) is 0 Å². The molecule has 0 amide bonds. The molecule has 0 saturated heterocycles. The number of aromatic carboxylic acids is 1. The van der Waals surface area contributed by atoms with Gasteiger partial charge in [0.1, 0.15) is 0 Å². The predicted molar refractivity (Wildman–Crippen MR) is 90.0 cm³/mol. The second-order valence-corrected chi connectivity index (χ2v) is 4.69. The summed E-state index contributed by atoms with van der Waals surface area (Å²) in [5.41, 5.74) is 3.14. The number of carbonyl (C=O) groups is 1. The molecule has 0 aromatic heterocycles. The zero-order chi connectivity index (χ0) is 16.5. The number of rotatable bonds is 2. The third-order valence-corrected chi connectivity index (χ3v) is 3.15. The average molecular weight is 301 g/mol. The Morgan fingerprint density at radius 1 is 0.783 bits per heavy atom. The summed E-state index contributed by atoms with van der Waals surface area (Å²) in [6.07, 6.45) is 0. The Morgan fingerprint density at radius 2 is 1.30 bits per heavy atom. The summed E-state index contributed by atoms with van der Waals surface area (Å²) in [7, 11) is 0. The van der Waals surface area contributed by atoms with Gasteiger partial charge in [0, 0.05) is 0 Å². The molecule has 0 spiro atoms. The monoisotopic (exact) mass is 301 g/mol. The van der Waals surface area contributed by atoms with Gasteiger partial charge in [0.2, 0.25) is 0 Å². The lowest BCUT2D eigenvalue weighted by Gasteiger charge is -2.02. The molecule has 0 aliphatic carbocycles. The molecule has 0 bridgehead atoms. The van der Waals surface area contributed by atoms with Gasteiger partial charge in [0.15, 0.2) is 0 Å². The molecule has 1 N–H and O–H groups in total. The third-order valence-electron chi connectivity index (χ3n) is 3.15. The zero-order valence-electron chi connectivity index (χ0n) is 12.4. The zero-order valence-corrected chi connectivity index (χ0v) is 12.4. The maximum atomic E-state index is 10.2. The molecular weight excluding hydrogens is 286 g/mol. The summed E-state index contributed by atoms with van der Waals surface area (Å²) in [5.74, 6) is -0.879. The van der Waals surface area contributed by atoms with Gasteiger partial charge in [-0.3, -0.25) is 0 Å². The van der Waals surface area contributed by atoms with Crippen molar-refractivity contribution in [1.82, 2.24) is 0 Å². The van der Waals surface area contributed by atoms with Gasteiger partial charge >= 0.3 is 5.97 Å². The van der Waals surface area contributed by atoms with E-state index in [2.05, 4.69) is 6.07 Å². The van der Waals surface area contributed by atoms with Crippen molar-refractivity contribution in [3.63, 3.8) is 0 Å². The van der Waals surface area contributed by atoms with Crippen molar-refractivity contribution < 1.29 is 9.90 Å². The van der Waals surface area contributed by atoms with Gasteiger partial charge in [-0.15, -0.1) is 0 Å². The van der Waals surface area contributed by atoms with Crippen LogP contribution in [-0.4, -0.2) is 11.1 Å². The summed E-state index contributed by atoms with van der Waals surface area (Å²) in [4.78, 5) is 10.2. The third kappa shape index (κ3) is 4.55. The molecule has 0 unspecified atom stereocenters. The Labute approximate surface area is 135 Å². The van der Waals surface area contributed by atoms with Crippen LogP contribution >= 0.6 is 0 Å². The van der Waals surface area contributed by atoms with E-state index < -0.39 is 5.97 Å². The topological polar surface area (TPSA) is 61.1 Å². The first kappa shape index (κ1) is 16.0. The van der Waals surface area contributed by atoms with Crippen molar-refractivity contribution in [1.29, 1.82) is 5.26 Å². The van der Waals surface area contributed by atoms with E-state index in [-0.39, 0.29) is 0 Å². The minimum absolute atomic E-state index is 0.331. The molecule has 3 aromatic rings. The molecule has 23 heavy (non-hydrogen) atoms. The van der Waals surface area contributed by atoms with Crippen LogP contribution in [0, 0.1) is 11.3 Å². The maximum Gasteiger partial charge on any atom is 0.335 e. The fourth-order valence-electron chi connectivity index (χ4n) is 2.03. The van der Waals surface area contributed by atoms with Gasteiger partial charge in [-0.1, -0.05) is 66.7 Å². The molecule has 3 rings (SSSR count). The van der Waals surface area contributed by atoms with Crippen molar-refractivity contribution in [2.24, 2.45) is 0 Å². The number of carboxylic acid groups (broad SMARTS) is 1. The lowest BCUT2D eigenvalue weighted by atomic mass is 10.0. The van der Waals surface area contributed by atoms with Crippen LogP contribution < -0.4 is 0 Å². The fourth-order valence-corrected chi connectivity index (χ4v) is 2.03. The maximum absolute atomic E-state index is 10.2. The molecule has 0 radical (unpaired) electrons. The van der Waals surface area contributed by atoms with Crippen LogP contribution in [-0.2, 0) is 0 Å². The van der Waals surface area contributed by atoms with Crippen LogP contribution in [0.2, 0.25) is 0 Å². The first-order chi connectivity index (χ1) is 11.2. The van der Waals surface area contributed by atoms with Crippen molar-refractivity contribution in [3.05, 3.63) is 96.1 Å². The van der Waals surface area contributed by atoms with Gasteiger partial charge in [-0.25, -0.2) is 4.79 Å². The molecule has 3 heteroatoms. The highest BCUT2D eigenvalue weighted by Gasteiger charge is 2.01. The minimum Gasteiger partial charge on any atom is -0.478 e. The molecule has 3 nitrogen and oxygen atoms in total. The molecule has 0 aliphatic heterocycles. The fraction of sp³-hybridized carbons (Fsp3) is 0. The van der Waals surface area contributed by atoms with Crippen LogP contribution in [0.5, 0.6) is 0 Å². The van der Waals surface area contributed by atoms with E-state index in [4.69, 9.17) is 10.4 Å². The van der Waals surface area contributed by atoms with Crippen LogP contribution in [0.25, 0.3) is 11.1 Å². The van der Waals surface area contributed by atoms with Crippen LogP contribution in [0.15, 0.2) is 84.9 Å². The summed E-state index contributed by atoms with van der Waals surface area (Å²) >= 11 is 0. The van der Waals surface area contributed by atoms with Gasteiger partial charge in [-0.05, 0) is 29.3 Å². The highest BCUT2D eigenvalue weighted by Crippen LogP contribution is 2.22. The van der Waals surface area contributed by atoms with Crippen LogP contribution in [0.1, 0.15) is 15.9 Å². The van der Waals surface area contributed by atoms with Crippen molar-refractivity contribution in [3.8, 4) is 17.2 Å². The van der Waals surface area contributed by atoms with Gasteiger partial charge in [-0.2, -0.15) is 5.26 Å². The van der Waals surface area contributed by atoms with E-state index in [1.165, 1.54) is 0 Å². The quantitative estimate of drug-likeness (QED) is 0.752. The van der Waals surface area contributed by atoms with E-state index in [1.54, 1.807) is 30.3 Å². The Bertz CT molecular complexity index is 806. The first-order valence-electron chi connectivity index (χ1n) is 7.05. The van der Waals surface area contributed by atoms with Gasteiger partial charge in [0.25, 0.3) is 0 Å².